The molecule has 2 aromatic carbocycles. The number of aromatic nitrogens is 1. The molecule has 1 aromatic heterocycles. The van der Waals surface area contributed by atoms with Crippen LogP contribution in [-0.4, -0.2) is 49.2 Å². The van der Waals surface area contributed by atoms with Crippen molar-refractivity contribution in [2.75, 3.05) is 33.2 Å². The summed E-state index contributed by atoms with van der Waals surface area (Å²) in [5.41, 5.74) is 4.95. The monoisotopic (exact) mass is 475 g/mol. The van der Waals surface area contributed by atoms with Gasteiger partial charge in [0.2, 0.25) is 11.7 Å². The molecule has 2 aliphatic heterocycles. The molecule has 35 heavy (non-hydrogen) atoms. The largest absolute Gasteiger partial charge is 0.493 e. The molecule has 0 aliphatic carbocycles. The van der Waals surface area contributed by atoms with Crippen molar-refractivity contribution in [3.63, 3.8) is 0 Å². The number of carbonyl (C=O) groups is 2. The van der Waals surface area contributed by atoms with Gasteiger partial charge in [0.15, 0.2) is 11.5 Å². The summed E-state index contributed by atoms with van der Waals surface area (Å²) in [5.74, 6) is 0.384. The first-order valence-electron chi connectivity index (χ1n) is 11.6. The number of hydrogen-bond acceptors (Lipinski definition) is 6. The van der Waals surface area contributed by atoms with Gasteiger partial charge in [-0.05, 0) is 37.6 Å². The van der Waals surface area contributed by atoms with E-state index >= 15 is 0 Å². The molecule has 0 radical (unpaired) electrons. The molecule has 5 rings (SSSR count). The average Bonchev–Trinajstić information content (AvgIpc) is 3.34. The minimum Gasteiger partial charge on any atom is -0.493 e. The molecule has 1 N–H and O–H groups in total. The van der Waals surface area contributed by atoms with E-state index in [0.717, 1.165) is 27.7 Å². The number of amides is 2. The van der Waals surface area contributed by atoms with Crippen molar-refractivity contribution in [3.05, 3.63) is 58.9 Å². The fraction of sp³-hybridized carbons (Fsp3) is 0.333. The van der Waals surface area contributed by atoms with E-state index in [1.807, 2.05) is 24.3 Å². The Morgan fingerprint density at radius 3 is 2.40 bits per heavy atom. The minimum absolute atomic E-state index is 0.195. The number of benzene rings is 2. The second-order valence-electron chi connectivity index (χ2n) is 9.07. The summed E-state index contributed by atoms with van der Waals surface area (Å²) in [4.78, 5) is 27.3. The summed E-state index contributed by atoms with van der Waals surface area (Å²) in [5, 5.41) is 4.54. The molecule has 3 heterocycles. The highest BCUT2D eigenvalue weighted by atomic mass is 16.5. The van der Waals surface area contributed by atoms with Crippen LogP contribution in [0.4, 0.5) is 5.69 Å². The number of anilines is 1. The summed E-state index contributed by atoms with van der Waals surface area (Å²) in [6.45, 7) is 5.87. The molecule has 2 aliphatic rings. The Morgan fingerprint density at radius 2 is 1.77 bits per heavy atom. The van der Waals surface area contributed by atoms with Crippen LogP contribution in [0, 0.1) is 0 Å². The number of carbonyl (C=O) groups excluding carboxylic acids is 2. The highest BCUT2D eigenvalue weighted by Crippen LogP contribution is 2.52. The van der Waals surface area contributed by atoms with E-state index in [-0.39, 0.29) is 24.4 Å². The number of ether oxygens (including phenoxy) is 3. The maximum absolute atomic E-state index is 13.7. The first-order chi connectivity index (χ1) is 16.8. The second-order valence-corrected chi connectivity index (χ2v) is 9.07. The maximum Gasteiger partial charge on any atom is 0.259 e. The van der Waals surface area contributed by atoms with Crippen molar-refractivity contribution in [2.45, 2.75) is 32.7 Å². The Bertz CT molecular complexity index is 1400. The number of methoxy groups -OCH3 is 3. The van der Waals surface area contributed by atoms with Gasteiger partial charge in [0, 0.05) is 47.4 Å². The molecule has 0 fully saturated rings. The molecule has 3 aromatic rings. The zero-order valence-corrected chi connectivity index (χ0v) is 20.8. The van der Waals surface area contributed by atoms with E-state index in [0.29, 0.717) is 28.5 Å². The third kappa shape index (κ3) is 3.27. The molecular formula is C27H29N3O5. The Morgan fingerprint density at radius 1 is 1.03 bits per heavy atom. The molecule has 2 amide bonds. The van der Waals surface area contributed by atoms with Crippen LogP contribution in [0.2, 0.25) is 0 Å². The molecule has 182 valence electrons. The van der Waals surface area contributed by atoms with Crippen molar-refractivity contribution in [3.8, 4) is 17.2 Å². The van der Waals surface area contributed by atoms with Gasteiger partial charge in [-0.3, -0.25) is 14.5 Å². The van der Waals surface area contributed by atoms with Crippen LogP contribution >= 0.6 is 0 Å². The minimum atomic E-state index is -0.491. The lowest BCUT2D eigenvalue weighted by Crippen LogP contribution is -2.33. The standard InChI is InChI=1S/C27H29N3O5/c1-14(2)29-12-17-22(16-10-11-21(33-4)26(35-6)25(16)34-5)24-19(13-30(15(3)31)27(24)32)28-18-8-7-9-20(29)23(17)18/h7-12,14,22,28H,13H2,1-6H3. The first-order valence-corrected chi connectivity index (χ1v) is 11.6. The third-order valence-corrected chi connectivity index (χ3v) is 6.87. The number of nitrogens with zero attached hydrogens (tertiary/aromatic N) is 2. The Labute approximate surface area is 204 Å². The molecule has 0 saturated heterocycles. The predicted octanol–water partition coefficient (Wildman–Crippen LogP) is 4.45. The topological polar surface area (TPSA) is 82.0 Å². The van der Waals surface area contributed by atoms with Gasteiger partial charge in [-0.25, -0.2) is 0 Å². The van der Waals surface area contributed by atoms with Gasteiger partial charge in [-0.1, -0.05) is 12.1 Å². The van der Waals surface area contributed by atoms with Crippen molar-refractivity contribution in [1.82, 2.24) is 9.47 Å². The van der Waals surface area contributed by atoms with Gasteiger partial charge in [0.05, 0.1) is 39.0 Å². The summed E-state index contributed by atoms with van der Waals surface area (Å²) in [6, 6.07) is 10.0. The fourth-order valence-corrected chi connectivity index (χ4v) is 5.33. The smallest absolute Gasteiger partial charge is 0.259 e. The van der Waals surface area contributed by atoms with Crippen molar-refractivity contribution in [2.24, 2.45) is 0 Å². The Kier molecular flexibility index (Phi) is 5.46. The highest BCUT2D eigenvalue weighted by molar-refractivity contribution is 6.11. The summed E-state index contributed by atoms with van der Waals surface area (Å²) < 4.78 is 19.2. The SMILES string of the molecule is COc1ccc(C2C3=C(CN(C(C)=O)C3=O)Nc3cccc4c3c2cn4C(C)C)c(OC)c1OC. The summed E-state index contributed by atoms with van der Waals surface area (Å²) in [6.07, 6.45) is 2.11. The van der Waals surface area contributed by atoms with E-state index in [1.54, 1.807) is 21.3 Å². The van der Waals surface area contributed by atoms with E-state index < -0.39 is 5.92 Å². The van der Waals surface area contributed by atoms with E-state index in [4.69, 9.17) is 14.2 Å². The number of rotatable bonds is 5. The predicted molar refractivity (Wildman–Crippen MR) is 133 cm³/mol. The van der Waals surface area contributed by atoms with E-state index in [1.165, 1.54) is 11.8 Å². The van der Waals surface area contributed by atoms with Gasteiger partial charge in [-0.15, -0.1) is 0 Å². The number of nitrogens with one attached hydrogen (secondary N) is 1. The molecular weight excluding hydrogens is 446 g/mol. The van der Waals surface area contributed by atoms with Gasteiger partial charge >= 0.3 is 0 Å². The van der Waals surface area contributed by atoms with Crippen LogP contribution in [0.25, 0.3) is 10.9 Å². The number of hydrogen-bond donors (Lipinski definition) is 1. The average molecular weight is 476 g/mol. The molecule has 0 spiro atoms. The van der Waals surface area contributed by atoms with Crippen molar-refractivity contribution >= 4 is 28.4 Å². The Balaban J connectivity index is 1.87. The molecule has 1 unspecified atom stereocenters. The van der Waals surface area contributed by atoms with Gasteiger partial charge < -0.3 is 24.1 Å². The van der Waals surface area contributed by atoms with Crippen LogP contribution in [0.3, 0.4) is 0 Å². The summed E-state index contributed by atoms with van der Waals surface area (Å²) in [7, 11) is 4.71. The third-order valence-electron chi connectivity index (χ3n) is 6.87. The van der Waals surface area contributed by atoms with Crippen LogP contribution in [0.1, 0.15) is 43.9 Å². The second kappa shape index (κ2) is 8.37. The lowest BCUT2D eigenvalue weighted by atomic mass is 9.83. The Hall–Kier alpha value is -3.94. The molecule has 8 nitrogen and oxygen atoms in total. The lowest BCUT2D eigenvalue weighted by molar-refractivity contribution is -0.139. The van der Waals surface area contributed by atoms with E-state index in [9.17, 15) is 9.59 Å². The van der Waals surface area contributed by atoms with Crippen LogP contribution < -0.4 is 19.5 Å². The van der Waals surface area contributed by atoms with Crippen LogP contribution in [-0.2, 0) is 9.59 Å². The quantitative estimate of drug-likeness (QED) is 0.587. The van der Waals surface area contributed by atoms with Gasteiger partial charge in [0.1, 0.15) is 0 Å². The van der Waals surface area contributed by atoms with Crippen molar-refractivity contribution < 1.29 is 23.8 Å². The van der Waals surface area contributed by atoms with E-state index in [2.05, 4.69) is 36.0 Å². The normalized spacial score (nSPS) is 16.9. The van der Waals surface area contributed by atoms with Crippen LogP contribution in [0.5, 0.6) is 17.2 Å². The molecule has 0 saturated carbocycles. The molecule has 8 heteroatoms. The first kappa shape index (κ1) is 22.8. The van der Waals surface area contributed by atoms with Crippen molar-refractivity contribution in [1.29, 1.82) is 0 Å². The zero-order chi connectivity index (χ0) is 25.0. The fourth-order valence-electron chi connectivity index (χ4n) is 5.33. The molecule has 1 atom stereocenters. The maximum atomic E-state index is 13.7. The number of imide groups is 1. The van der Waals surface area contributed by atoms with Gasteiger partial charge in [0.25, 0.3) is 5.91 Å². The van der Waals surface area contributed by atoms with Crippen LogP contribution in [0.15, 0.2) is 47.8 Å². The lowest BCUT2D eigenvalue weighted by Gasteiger charge is -2.23. The zero-order valence-electron chi connectivity index (χ0n) is 20.8. The molecule has 0 bridgehead atoms. The van der Waals surface area contributed by atoms with Gasteiger partial charge in [-0.2, -0.15) is 0 Å². The highest BCUT2D eigenvalue weighted by Gasteiger charge is 2.43. The summed E-state index contributed by atoms with van der Waals surface area (Å²) >= 11 is 0.